The molecule has 1 aliphatic rings. The molecule has 2 atom stereocenters. The summed E-state index contributed by atoms with van der Waals surface area (Å²) in [5, 5.41) is 3.14. The third-order valence-corrected chi connectivity index (χ3v) is 4.84. The Kier molecular flexibility index (Phi) is 4.33. The van der Waals surface area contributed by atoms with Gasteiger partial charge >= 0.3 is 0 Å². The van der Waals surface area contributed by atoms with Crippen LogP contribution in [0.4, 0.5) is 5.69 Å². The summed E-state index contributed by atoms with van der Waals surface area (Å²) in [4.78, 5) is 12.3. The topological polar surface area (TPSA) is 64.4 Å². The van der Waals surface area contributed by atoms with Crippen molar-refractivity contribution in [1.82, 2.24) is 5.32 Å². The fraction of sp³-hybridized carbons (Fsp3) is 0.562. The van der Waals surface area contributed by atoms with Crippen LogP contribution in [0.25, 0.3) is 0 Å². The van der Waals surface area contributed by atoms with Gasteiger partial charge in [0, 0.05) is 29.8 Å². The first-order valence-corrected chi connectivity index (χ1v) is 7.26. The molecule has 4 nitrogen and oxygen atoms in total. The molecule has 4 heteroatoms. The van der Waals surface area contributed by atoms with E-state index in [2.05, 4.69) is 19.2 Å². The van der Waals surface area contributed by atoms with Gasteiger partial charge in [0.05, 0.1) is 6.10 Å². The van der Waals surface area contributed by atoms with Crippen molar-refractivity contribution >= 4 is 11.6 Å². The number of anilines is 1. The first-order chi connectivity index (χ1) is 9.57. The number of nitrogens with one attached hydrogen (secondary N) is 1. The van der Waals surface area contributed by atoms with Crippen molar-refractivity contribution in [2.45, 2.75) is 45.3 Å². The minimum Gasteiger partial charge on any atom is -0.399 e. The lowest BCUT2D eigenvalue weighted by molar-refractivity contribution is -0.120. The van der Waals surface area contributed by atoms with Gasteiger partial charge in [0.25, 0.3) is 5.91 Å². The van der Waals surface area contributed by atoms with E-state index < -0.39 is 0 Å². The predicted molar refractivity (Wildman–Crippen MR) is 80.5 cm³/mol. The Hall–Kier alpha value is -1.55. The highest BCUT2D eigenvalue weighted by Crippen LogP contribution is 2.48. The maximum absolute atomic E-state index is 12.3. The molecule has 0 aromatic heterocycles. The quantitative estimate of drug-likeness (QED) is 0.812. The van der Waals surface area contributed by atoms with Gasteiger partial charge in [-0.1, -0.05) is 19.9 Å². The van der Waals surface area contributed by atoms with Crippen molar-refractivity contribution < 1.29 is 9.53 Å². The van der Waals surface area contributed by atoms with Gasteiger partial charge in [-0.15, -0.1) is 0 Å². The molecule has 2 rings (SSSR count). The molecule has 0 radical (unpaired) electrons. The van der Waals surface area contributed by atoms with Gasteiger partial charge in [-0.3, -0.25) is 4.79 Å². The molecule has 110 valence electrons. The molecular weight excluding hydrogens is 252 g/mol. The largest absolute Gasteiger partial charge is 0.399 e. The molecule has 1 aliphatic carbocycles. The van der Waals surface area contributed by atoms with Crippen LogP contribution in [0, 0.1) is 5.41 Å². The first kappa shape index (κ1) is 14.9. The number of benzene rings is 1. The highest BCUT2D eigenvalue weighted by atomic mass is 16.5. The zero-order valence-electron chi connectivity index (χ0n) is 12.5. The Labute approximate surface area is 120 Å². The second kappa shape index (κ2) is 5.83. The standard InChI is InChI=1S/C16H24N2O2/c1-4-16(5-2)13(10-14(16)20-3)18-15(19)11-7-6-8-12(17)9-11/h6-9,13-14H,4-5,10,17H2,1-3H3,(H,18,19). The summed E-state index contributed by atoms with van der Waals surface area (Å²) in [6, 6.07) is 7.26. The molecule has 0 bridgehead atoms. The van der Waals surface area contributed by atoms with Crippen LogP contribution in [0.3, 0.4) is 0 Å². The lowest BCUT2D eigenvalue weighted by atomic mass is 9.58. The van der Waals surface area contributed by atoms with Crippen LogP contribution in [0.1, 0.15) is 43.5 Å². The number of methoxy groups -OCH3 is 1. The lowest BCUT2D eigenvalue weighted by Gasteiger charge is -2.55. The maximum atomic E-state index is 12.3. The normalized spacial score (nSPS) is 23.9. The highest BCUT2D eigenvalue weighted by Gasteiger charge is 2.53. The number of ether oxygens (including phenoxy) is 1. The summed E-state index contributed by atoms with van der Waals surface area (Å²) in [6.45, 7) is 4.32. The third-order valence-electron chi connectivity index (χ3n) is 4.84. The van der Waals surface area contributed by atoms with Gasteiger partial charge in [0.15, 0.2) is 0 Å². The molecule has 0 saturated heterocycles. The van der Waals surface area contributed by atoms with Crippen LogP contribution < -0.4 is 11.1 Å². The second-order valence-electron chi connectivity index (χ2n) is 5.55. The third kappa shape index (κ3) is 2.40. The Morgan fingerprint density at radius 2 is 2.15 bits per heavy atom. The summed E-state index contributed by atoms with van der Waals surface area (Å²) in [6.07, 6.45) is 3.13. The average molecular weight is 276 g/mol. The monoisotopic (exact) mass is 276 g/mol. The maximum Gasteiger partial charge on any atom is 0.251 e. The van der Waals surface area contributed by atoms with Crippen LogP contribution in [-0.2, 0) is 4.74 Å². The molecule has 20 heavy (non-hydrogen) atoms. The van der Waals surface area contributed by atoms with Gasteiger partial charge in [-0.05, 0) is 37.5 Å². The Balaban J connectivity index is 2.09. The van der Waals surface area contributed by atoms with Crippen molar-refractivity contribution in [3.63, 3.8) is 0 Å². The molecule has 0 heterocycles. The van der Waals surface area contributed by atoms with Crippen LogP contribution in [0.15, 0.2) is 24.3 Å². The SMILES string of the molecule is CCC1(CC)C(NC(=O)c2cccc(N)c2)CC1OC. The number of carbonyl (C=O) groups excluding carboxylic acids is 1. The minimum atomic E-state index is -0.0527. The van der Waals surface area contributed by atoms with E-state index in [1.807, 2.05) is 0 Å². The van der Waals surface area contributed by atoms with Crippen molar-refractivity contribution in [3.8, 4) is 0 Å². The van der Waals surface area contributed by atoms with Crippen molar-refractivity contribution in [1.29, 1.82) is 0 Å². The zero-order chi connectivity index (χ0) is 14.8. The van der Waals surface area contributed by atoms with Crippen LogP contribution in [0.5, 0.6) is 0 Å². The van der Waals surface area contributed by atoms with Crippen molar-refractivity contribution in [3.05, 3.63) is 29.8 Å². The second-order valence-corrected chi connectivity index (χ2v) is 5.55. The molecule has 3 N–H and O–H groups in total. The first-order valence-electron chi connectivity index (χ1n) is 7.26. The molecule has 1 saturated carbocycles. The summed E-state index contributed by atoms with van der Waals surface area (Å²) in [5.41, 5.74) is 7.01. The van der Waals surface area contributed by atoms with E-state index in [9.17, 15) is 4.79 Å². The fourth-order valence-electron chi connectivity index (χ4n) is 3.40. The molecular formula is C16H24N2O2. The summed E-state index contributed by atoms with van der Waals surface area (Å²) >= 11 is 0. The number of rotatable bonds is 5. The van der Waals surface area contributed by atoms with Gasteiger partial charge in [-0.2, -0.15) is 0 Å². The van der Waals surface area contributed by atoms with E-state index in [1.54, 1.807) is 31.4 Å². The number of amides is 1. The van der Waals surface area contributed by atoms with E-state index in [-0.39, 0.29) is 23.5 Å². The van der Waals surface area contributed by atoms with Crippen LogP contribution in [-0.4, -0.2) is 25.2 Å². The number of nitrogens with two attached hydrogens (primary N) is 1. The van der Waals surface area contributed by atoms with Gasteiger partial charge in [-0.25, -0.2) is 0 Å². The fourth-order valence-corrected chi connectivity index (χ4v) is 3.40. The Bertz CT molecular complexity index is 483. The molecule has 1 aromatic carbocycles. The highest BCUT2D eigenvalue weighted by molar-refractivity contribution is 5.95. The van der Waals surface area contributed by atoms with E-state index in [4.69, 9.17) is 10.5 Å². The number of nitrogen functional groups attached to an aromatic ring is 1. The van der Waals surface area contributed by atoms with Crippen molar-refractivity contribution in [2.75, 3.05) is 12.8 Å². The zero-order valence-corrected chi connectivity index (χ0v) is 12.5. The molecule has 2 unspecified atom stereocenters. The van der Waals surface area contributed by atoms with E-state index >= 15 is 0 Å². The molecule has 0 spiro atoms. The smallest absolute Gasteiger partial charge is 0.251 e. The summed E-state index contributed by atoms with van der Waals surface area (Å²) < 4.78 is 5.55. The van der Waals surface area contributed by atoms with E-state index in [1.165, 1.54) is 0 Å². The summed E-state index contributed by atoms with van der Waals surface area (Å²) in [5.74, 6) is -0.0527. The number of carbonyl (C=O) groups is 1. The minimum absolute atomic E-state index is 0.0527. The van der Waals surface area contributed by atoms with Gasteiger partial charge < -0.3 is 15.8 Å². The molecule has 1 fully saturated rings. The van der Waals surface area contributed by atoms with Gasteiger partial charge in [0.2, 0.25) is 0 Å². The van der Waals surface area contributed by atoms with Gasteiger partial charge in [0.1, 0.15) is 0 Å². The Morgan fingerprint density at radius 1 is 1.45 bits per heavy atom. The van der Waals surface area contributed by atoms with Crippen LogP contribution in [0.2, 0.25) is 0 Å². The van der Waals surface area contributed by atoms with E-state index in [0.717, 1.165) is 19.3 Å². The summed E-state index contributed by atoms with van der Waals surface area (Å²) in [7, 11) is 1.75. The lowest BCUT2D eigenvalue weighted by Crippen LogP contribution is -2.64. The molecule has 0 aliphatic heterocycles. The number of hydrogen-bond donors (Lipinski definition) is 2. The van der Waals surface area contributed by atoms with E-state index in [0.29, 0.717) is 11.3 Å². The average Bonchev–Trinajstić information content (AvgIpc) is 2.44. The van der Waals surface area contributed by atoms with Crippen LogP contribution >= 0.6 is 0 Å². The van der Waals surface area contributed by atoms with Crippen molar-refractivity contribution in [2.24, 2.45) is 5.41 Å². The predicted octanol–water partition coefficient (Wildman–Crippen LogP) is 2.59. The number of hydrogen-bond acceptors (Lipinski definition) is 3. The Morgan fingerprint density at radius 3 is 2.70 bits per heavy atom. The molecule has 1 amide bonds. The molecule has 1 aromatic rings.